The van der Waals surface area contributed by atoms with Gasteiger partial charge in [0.2, 0.25) is 0 Å². The van der Waals surface area contributed by atoms with Crippen molar-refractivity contribution in [3.63, 3.8) is 0 Å². The zero-order valence-electron chi connectivity index (χ0n) is 12.2. The van der Waals surface area contributed by atoms with Gasteiger partial charge < -0.3 is 10.1 Å². The molecule has 0 fully saturated rings. The van der Waals surface area contributed by atoms with Crippen LogP contribution in [0.1, 0.15) is 29.2 Å². The summed E-state index contributed by atoms with van der Waals surface area (Å²) in [4.78, 5) is 0. The van der Waals surface area contributed by atoms with Crippen molar-refractivity contribution < 1.29 is 4.74 Å². The Morgan fingerprint density at radius 2 is 2.05 bits per heavy atom. The third-order valence-electron chi connectivity index (χ3n) is 3.98. The molecule has 110 valence electrons. The van der Waals surface area contributed by atoms with Gasteiger partial charge in [-0.3, -0.25) is 0 Å². The topological polar surface area (TPSA) is 21.3 Å². The molecule has 3 heteroatoms. The Hall–Kier alpha value is -1.51. The number of aryl methyl sites for hydroxylation is 1. The quantitative estimate of drug-likeness (QED) is 0.909. The summed E-state index contributed by atoms with van der Waals surface area (Å²) in [6, 6.07) is 15.0. The van der Waals surface area contributed by atoms with E-state index in [1.54, 1.807) is 0 Å². The number of nitrogens with one attached hydrogen (secondary N) is 1. The predicted molar refractivity (Wildman–Crippen MR) is 87.2 cm³/mol. The highest BCUT2D eigenvalue weighted by Crippen LogP contribution is 2.35. The first-order chi connectivity index (χ1) is 10.2. The molecule has 3 rings (SSSR count). The van der Waals surface area contributed by atoms with Crippen LogP contribution >= 0.6 is 11.6 Å². The second kappa shape index (κ2) is 6.50. The van der Waals surface area contributed by atoms with Crippen LogP contribution in [-0.4, -0.2) is 13.2 Å². The van der Waals surface area contributed by atoms with Gasteiger partial charge in [0.15, 0.2) is 0 Å². The molecule has 0 spiro atoms. The van der Waals surface area contributed by atoms with Gasteiger partial charge in [0, 0.05) is 23.0 Å². The van der Waals surface area contributed by atoms with Crippen LogP contribution in [0.5, 0.6) is 5.75 Å². The Morgan fingerprint density at radius 1 is 1.24 bits per heavy atom. The van der Waals surface area contributed by atoms with Crippen LogP contribution < -0.4 is 10.1 Å². The third kappa shape index (κ3) is 3.39. The second-order valence-electron chi connectivity index (χ2n) is 5.52. The van der Waals surface area contributed by atoms with E-state index in [0.29, 0.717) is 6.04 Å². The minimum absolute atomic E-state index is 0.329. The molecule has 0 bridgehead atoms. The van der Waals surface area contributed by atoms with Crippen molar-refractivity contribution in [1.29, 1.82) is 0 Å². The molecule has 0 radical (unpaired) electrons. The summed E-state index contributed by atoms with van der Waals surface area (Å²) in [7, 11) is 0. The fourth-order valence-electron chi connectivity index (χ4n) is 2.76. The summed E-state index contributed by atoms with van der Waals surface area (Å²) in [6.45, 7) is 3.73. The minimum Gasteiger partial charge on any atom is -0.493 e. The van der Waals surface area contributed by atoms with Gasteiger partial charge in [-0.25, -0.2) is 0 Å². The number of hydrogen-bond donors (Lipinski definition) is 1. The summed E-state index contributed by atoms with van der Waals surface area (Å²) >= 11 is 6.26. The van der Waals surface area contributed by atoms with Crippen LogP contribution in [-0.2, 0) is 6.42 Å². The Labute approximate surface area is 131 Å². The molecule has 0 aromatic heterocycles. The number of hydrogen-bond acceptors (Lipinski definition) is 2. The van der Waals surface area contributed by atoms with Gasteiger partial charge in [0.25, 0.3) is 0 Å². The molecule has 1 heterocycles. The first-order valence-electron chi connectivity index (χ1n) is 7.44. The van der Waals surface area contributed by atoms with Crippen LogP contribution in [0.3, 0.4) is 0 Å². The zero-order chi connectivity index (χ0) is 14.7. The SMILES string of the molecule is Cc1cc2c(cc1Cl)C(NCCc1ccccc1)CCO2. The molecule has 1 N–H and O–H groups in total. The minimum atomic E-state index is 0.329. The standard InChI is InChI=1S/C18H20ClNO/c1-13-11-18-15(12-16(13)19)17(8-10-21-18)20-9-7-14-5-3-2-4-6-14/h2-6,11-12,17,20H,7-10H2,1H3. The number of rotatable bonds is 4. The Morgan fingerprint density at radius 3 is 2.86 bits per heavy atom. The normalized spacial score (nSPS) is 17.1. The van der Waals surface area contributed by atoms with E-state index >= 15 is 0 Å². The smallest absolute Gasteiger partial charge is 0.124 e. The lowest BCUT2D eigenvalue weighted by atomic mass is 9.98. The van der Waals surface area contributed by atoms with Crippen LogP contribution in [0.4, 0.5) is 0 Å². The fourth-order valence-corrected chi connectivity index (χ4v) is 2.93. The van der Waals surface area contributed by atoms with Crippen molar-refractivity contribution in [2.75, 3.05) is 13.2 Å². The van der Waals surface area contributed by atoms with Crippen LogP contribution in [0.2, 0.25) is 5.02 Å². The molecule has 2 aromatic carbocycles. The van der Waals surface area contributed by atoms with Crippen LogP contribution in [0.15, 0.2) is 42.5 Å². The molecule has 1 unspecified atom stereocenters. The summed E-state index contributed by atoms with van der Waals surface area (Å²) in [5, 5.41) is 4.45. The Bertz CT molecular complexity index is 612. The van der Waals surface area contributed by atoms with Crippen molar-refractivity contribution in [1.82, 2.24) is 5.32 Å². The van der Waals surface area contributed by atoms with Crippen molar-refractivity contribution in [3.05, 3.63) is 64.2 Å². The van der Waals surface area contributed by atoms with E-state index in [0.717, 1.165) is 42.3 Å². The first-order valence-corrected chi connectivity index (χ1v) is 7.82. The number of fused-ring (bicyclic) bond motifs is 1. The lowest BCUT2D eigenvalue weighted by Crippen LogP contribution is -2.28. The Kier molecular flexibility index (Phi) is 4.47. The maximum absolute atomic E-state index is 6.26. The highest BCUT2D eigenvalue weighted by molar-refractivity contribution is 6.31. The second-order valence-corrected chi connectivity index (χ2v) is 5.93. The molecule has 0 saturated heterocycles. The van der Waals surface area contributed by atoms with E-state index in [4.69, 9.17) is 16.3 Å². The summed E-state index contributed by atoms with van der Waals surface area (Å²) < 4.78 is 5.76. The molecular formula is C18H20ClNO. The van der Waals surface area contributed by atoms with Crippen molar-refractivity contribution in [2.24, 2.45) is 0 Å². The maximum Gasteiger partial charge on any atom is 0.124 e. The third-order valence-corrected chi connectivity index (χ3v) is 4.39. The van der Waals surface area contributed by atoms with Crippen LogP contribution in [0.25, 0.3) is 0 Å². The van der Waals surface area contributed by atoms with Crippen molar-refractivity contribution in [2.45, 2.75) is 25.8 Å². The van der Waals surface area contributed by atoms with E-state index in [9.17, 15) is 0 Å². The largest absolute Gasteiger partial charge is 0.493 e. The highest BCUT2D eigenvalue weighted by atomic mass is 35.5. The zero-order valence-corrected chi connectivity index (χ0v) is 13.0. The fraction of sp³-hybridized carbons (Fsp3) is 0.333. The maximum atomic E-state index is 6.26. The van der Waals surface area contributed by atoms with Gasteiger partial charge in [0.05, 0.1) is 6.61 Å². The number of halogens is 1. The number of benzene rings is 2. The van der Waals surface area contributed by atoms with E-state index in [1.807, 2.05) is 19.1 Å². The molecule has 0 amide bonds. The lowest BCUT2D eigenvalue weighted by molar-refractivity contribution is 0.253. The van der Waals surface area contributed by atoms with Gasteiger partial charge in [-0.2, -0.15) is 0 Å². The predicted octanol–water partition coefficient (Wildman–Crippen LogP) is 4.30. The molecule has 1 aliphatic heterocycles. The molecule has 1 atom stereocenters. The Balaban J connectivity index is 1.66. The summed E-state index contributed by atoms with van der Waals surface area (Å²) in [5.41, 5.74) is 3.62. The average Bonchev–Trinajstić information content (AvgIpc) is 2.50. The van der Waals surface area contributed by atoms with Gasteiger partial charge in [0.1, 0.15) is 5.75 Å². The number of ether oxygens (including phenoxy) is 1. The monoisotopic (exact) mass is 301 g/mol. The molecule has 21 heavy (non-hydrogen) atoms. The van der Waals surface area contributed by atoms with E-state index in [1.165, 1.54) is 11.1 Å². The van der Waals surface area contributed by atoms with E-state index < -0.39 is 0 Å². The van der Waals surface area contributed by atoms with Crippen LogP contribution in [0, 0.1) is 6.92 Å². The summed E-state index contributed by atoms with van der Waals surface area (Å²) in [5.74, 6) is 0.973. The lowest BCUT2D eigenvalue weighted by Gasteiger charge is -2.27. The van der Waals surface area contributed by atoms with E-state index in [2.05, 4.69) is 35.6 Å². The van der Waals surface area contributed by atoms with Crippen molar-refractivity contribution >= 4 is 11.6 Å². The van der Waals surface area contributed by atoms with Gasteiger partial charge >= 0.3 is 0 Å². The molecule has 2 aromatic rings. The molecule has 1 aliphatic rings. The average molecular weight is 302 g/mol. The van der Waals surface area contributed by atoms with E-state index in [-0.39, 0.29) is 0 Å². The molecule has 0 aliphatic carbocycles. The highest BCUT2D eigenvalue weighted by Gasteiger charge is 2.22. The first kappa shape index (κ1) is 14.4. The molecular weight excluding hydrogens is 282 g/mol. The molecule has 0 saturated carbocycles. The van der Waals surface area contributed by atoms with Crippen molar-refractivity contribution in [3.8, 4) is 5.75 Å². The van der Waals surface area contributed by atoms with Gasteiger partial charge in [-0.15, -0.1) is 0 Å². The molecule has 2 nitrogen and oxygen atoms in total. The summed E-state index contributed by atoms with van der Waals surface area (Å²) in [6.07, 6.45) is 2.02. The van der Waals surface area contributed by atoms with Gasteiger partial charge in [-0.1, -0.05) is 41.9 Å². The van der Waals surface area contributed by atoms with Gasteiger partial charge in [-0.05, 0) is 43.1 Å².